The lowest BCUT2D eigenvalue weighted by Gasteiger charge is -2.32. The fraction of sp³-hybridized carbons (Fsp3) is 0.619. The molecule has 0 atom stereocenters. The van der Waals surface area contributed by atoms with Gasteiger partial charge in [-0.1, -0.05) is 25.5 Å². The fourth-order valence-electron chi connectivity index (χ4n) is 3.28. The van der Waals surface area contributed by atoms with E-state index in [9.17, 15) is 9.59 Å². The van der Waals surface area contributed by atoms with Crippen molar-refractivity contribution in [3.8, 4) is 5.75 Å². The Balaban J connectivity index is 1.78. The summed E-state index contributed by atoms with van der Waals surface area (Å²) in [5.41, 5.74) is 3.30. The highest BCUT2D eigenvalue weighted by Gasteiger charge is 2.24. The molecule has 0 saturated carbocycles. The van der Waals surface area contributed by atoms with Gasteiger partial charge < -0.3 is 15.0 Å². The first-order valence-electron chi connectivity index (χ1n) is 9.69. The van der Waals surface area contributed by atoms with E-state index in [1.54, 1.807) is 0 Å². The molecule has 1 heterocycles. The van der Waals surface area contributed by atoms with Gasteiger partial charge in [0.2, 0.25) is 5.91 Å². The van der Waals surface area contributed by atoms with Crippen LogP contribution in [-0.4, -0.2) is 42.5 Å². The normalized spacial score (nSPS) is 15.0. The summed E-state index contributed by atoms with van der Waals surface area (Å²) in [7, 11) is 0. The number of carbonyl (C=O) groups excluding carboxylic acids is 2. The van der Waals surface area contributed by atoms with Crippen molar-refractivity contribution in [3.63, 3.8) is 0 Å². The molecule has 0 aliphatic carbocycles. The van der Waals surface area contributed by atoms with Gasteiger partial charge in [0.15, 0.2) is 6.61 Å². The number of benzene rings is 1. The Morgan fingerprint density at radius 2 is 1.81 bits per heavy atom. The third-order valence-corrected chi connectivity index (χ3v) is 5.18. The topological polar surface area (TPSA) is 58.6 Å². The Kier molecular flexibility index (Phi) is 7.49. The van der Waals surface area contributed by atoms with E-state index in [0.29, 0.717) is 19.5 Å². The van der Waals surface area contributed by atoms with Crippen LogP contribution in [0.4, 0.5) is 0 Å². The van der Waals surface area contributed by atoms with Crippen molar-refractivity contribution >= 4 is 11.8 Å². The van der Waals surface area contributed by atoms with Crippen LogP contribution in [0.25, 0.3) is 0 Å². The zero-order chi connectivity index (χ0) is 19.1. The smallest absolute Gasteiger partial charge is 0.260 e. The number of likely N-dealkylation sites (tertiary alicyclic amines) is 1. The number of aryl methyl sites for hydroxylation is 2. The van der Waals surface area contributed by atoms with Gasteiger partial charge >= 0.3 is 0 Å². The number of ether oxygens (including phenoxy) is 1. The number of rotatable bonds is 7. The molecule has 1 aliphatic rings. The Hall–Kier alpha value is -2.04. The first-order valence-corrected chi connectivity index (χ1v) is 9.69. The van der Waals surface area contributed by atoms with Crippen LogP contribution in [0.2, 0.25) is 0 Å². The first-order chi connectivity index (χ1) is 12.4. The van der Waals surface area contributed by atoms with Crippen LogP contribution in [0.5, 0.6) is 5.75 Å². The lowest BCUT2D eigenvalue weighted by molar-refractivity contribution is -0.134. The molecular weight excluding hydrogens is 328 g/mol. The predicted octanol–water partition coefficient (Wildman–Crippen LogP) is 3.29. The van der Waals surface area contributed by atoms with E-state index in [0.717, 1.165) is 48.1 Å². The second-order valence-corrected chi connectivity index (χ2v) is 7.27. The Morgan fingerprint density at radius 3 is 2.46 bits per heavy atom. The number of piperidine rings is 1. The predicted molar refractivity (Wildman–Crippen MR) is 103 cm³/mol. The van der Waals surface area contributed by atoms with Crippen LogP contribution < -0.4 is 10.1 Å². The Bertz CT molecular complexity index is 634. The van der Waals surface area contributed by atoms with E-state index in [-0.39, 0.29) is 24.5 Å². The molecule has 5 heteroatoms. The number of unbranched alkanes of at least 4 members (excludes halogenated alkanes) is 1. The average Bonchev–Trinajstić information content (AvgIpc) is 2.63. The molecule has 1 aromatic carbocycles. The second-order valence-electron chi connectivity index (χ2n) is 7.27. The molecule has 2 rings (SSSR count). The van der Waals surface area contributed by atoms with Crippen molar-refractivity contribution in [2.75, 3.05) is 19.7 Å². The number of amides is 2. The second kappa shape index (κ2) is 9.60. The van der Waals surface area contributed by atoms with Crippen molar-refractivity contribution in [2.24, 2.45) is 0 Å². The van der Waals surface area contributed by atoms with Gasteiger partial charge in [0.1, 0.15) is 5.75 Å². The summed E-state index contributed by atoms with van der Waals surface area (Å²) < 4.78 is 5.84. The van der Waals surface area contributed by atoms with Gasteiger partial charge in [0.05, 0.1) is 0 Å². The SMILES string of the molecule is CCCCC(=O)NC1CCN(C(=O)COc2c(C)ccc(C)c2C)CC1. The number of nitrogens with one attached hydrogen (secondary N) is 1. The maximum absolute atomic E-state index is 12.5. The van der Waals surface area contributed by atoms with Gasteiger partial charge in [-0.05, 0) is 56.7 Å². The zero-order valence-corrected chi connectivity index (χ0v) is 16.6. The molecular formula is C21H32N2O3. The Labute approximate surface area is 157 Å². The minimum absolute atomic E-state index is 0.0149. The van der Waals surface area contributed by atoms with Crippen molar-refractivity contribution in [2.45, 2.75) is 65.8 Å². The molecule has 1 fully saturated rings. The lowest BCUT2D eigenvalue weighted by Crippen LogP contribution is -2.47. The van der Waals surface area contributed by atoms with Crippen LogP contribution in [0.15, 0.2) is 12.1 Å². The quantitative estimate of drug-likeness (QED) is 0.812. The highest BCUT2D eigenvalue weighted by molar-refractivity contribution is 5.78. The van der Waals surface area contributed by atoms with Gasteiger partial charge in [-0.15, -0.1) is 0 Å². The van der Waals surface area contributed by atoms with Crippen molar-refractivity contribution in [3.05, 3.63) is 28.8 Å². The molecule has 1 aliphatic heterocycles. The molecule has 5 nitrogen and oxygen atoms in total. The highest BCUT2D eigenvalue weighted by Crippen LogP contribution is 2.25. The Morgan fingerprint density at radius 1 is 1.15 bits per heavy atom. The van der Waals surface area contributed by atoms with E-state index >= 15 is 0 Å². The molecule has 1 saturated heterocycles. The maximum Gasteiger partial charge on any atom is 0.260 e. The monoisotopic (exact) mass is 360 g/mol. The standard InChI is InChI=1S/C21H32N2O3/c1-5-6-7-19(24)22-18-10-12-23(13-11-18)20(25)14-26-21-16(3)9-8-15(2)17(21)4/h8-9,18H,5-7,10-14H2,1-4H3,(H,22,24). The van der Waals surface area contributed by atoms with Gasteiger partial charge in [-0.2, -0.15) is 0 Å². The zero-order valence-electron chi connectivity index (χ0n) is 16.6. The van der Waals surface area contributed by atoms with E-state index in [4.69, 9.17) is 4.74 Å². The average molecular weight is 360 g/mol. The minimum atomic E-state index is 0.0149. The molecule has 0 spiro atoms. The molecule has 2 amide bonds. The summed E-state index contributed by atoms with van der Waals surface area (Å²) >= 11 is 0. The molecule has 144 valence electrons. The van der Waals surface area contributed by atoms with Gasteiger partial charge in [-0.3, -0.25) is 9.59 Å². The molecule has 0 radical (unpaired) electrons. The van der Waals surface area contributed by atoms with Crippen molar-refractivity contribution in [1.29, 1.82) is 0 Å². The number of carbonyl (C=O) groups is 2. The molecule has 0 bridgehead atoms. The van der Waals surface area contributed by atoms with Crippen LogP contribution in [0, 0.1) is 20.8 Å². The lowest BCUT2D eigenvalue weighted by atomic mass is 10.0. The molecule has 1 N–H and O–H groups in total. The molecule has 0 aromatic heterocycles. The first kappa shape index (κ1) is 20.3. The van der Waals surface area contributed by atoms with Gasteiger partial charge in [-0.25, -0.2) is 0 Å². The van der Waals surface area contributed by atoms with E-state index < -0.39 is 0 Å². The van der Waals surface area contributed by atoms with Crippen LogP contribution in [0.3, 0.4) is 0 Å². The van der Waals surface area contributed by atoms with Crippen LogP contribution >= 0.6 is 0 Å². The minimum Gasteiger partial charge on any atom is -0.483 e. The summed E-state index contributed by atoms with van der Waals surface area (Å²) in [6.45, 7) is 9.56. The highest BCUT2D eigenvalue weighted by atomic mass is 16.5. The van der Waals surface area contributed by atoms with Gasteiger partial charge in [0.25, 0.3) is 5.91 Å². The summed E-state index contributed by atoms with van der Waals surface area (Å²) in [6.07, 6.45) is 4.18. The fourth-order valence-corrected chi connectivity index (χ4v) is 3.28. The van der Waals surface area contributed by atoms with E-state index in [1.807, 2.05) is 31.7 Å². The third-order valence-electron chi connectivity index (χ3n) is 5.18. The van der Waals surface area contributed by atoms with Gasteiger partial charge in [0, 0.05) is 25.6 Å². The third kappa shape index (κ3) is 5.48. The number of nitrogens with zero attached hydrogens (tertiary/aromatic N) is 1. The maximum atomic E-state index is 12.5. The molecule has 1 aromatic rings. The van der Waals surface area contributed by atoms with Crippen LogP contribution in [-0.2, 0) is 9.59 Å². The van der Waals surface area contributed by atoms with Crippen molar-refractivity contribution < 1.29 is 14.3 Å². The summed E-state index contributed by atoms with van der Waals surface area (Å²) in [5.74, 6) is 0.961. The van der Waals surface area contributed by atoms with Crippen molar-refractivity contribution in [1.82, 2.24) is 10.2 Å². The summed E-state index contributed by atoms with van der Waals surface area (Å²) in [5, 5.41) is 3.08. The molecule has 26 heavy (non-hydrogen) atoms. The summed E-state index contributed by atoms with van der Waals surface area (Å²) in [6, 6.07) is 4.28. The summed E-state index contributed by atoms with van der Waals surface area (Å²) in [4.78, 5) is 26.1. The van der Waals surface area contributed by atoms with E-state index in [1.165, 1.54) is 0 Å². The number of hydrogen-bond donors (Lipinski definition) is 1. The van der Waals surface area contributed by atoms with E-state index in [2.05, 4.69) is 18.3 Å². The molecule has 0 unspecified atom stereocenters. The van der Waals surface area contributed by atoms with Crippen LogP contribution in [0.1, 0.15) is 55.7 Å². The number of hydrogen-bond acceptors (Lipinski definition) is 3. The largest absolute Gasteiger partial charge is 0.483 e.